The van der Waals surface area contributed by atoms with Crippen molar-refractivity contribution in [2.24, 2.45) is 10.9 Å². The molecule has 0 saturated carbocycles. The molecule has 1 N–H and O–H groups in total. The van der Waals surface area contributed by atoms with Crippen molar-refractivity contribution in [1.29, 1.82) is 5.26 Å². The summed E-state index contributed by atoms with van der Waals surface area (Å²) in [6, 6.07) is 2.47. The second kappa shape index (κ2) is 6.32. The van der Waals surface area contributed by atoms with Crippen LogP contribution in [0.25, 0.3) is 0 Å². The van der Waals surface area contributed by atoms with Gasteiger partial charge in [-0.05, 0) is 67.0 Å². The first-order valence-electron chi connectivity index (χ1n) is 6.34. The smallest absolute Gasteiger partial charge is 0.149 e. The lowest BCUT2D eigenvalue weighted by atomic mass is 9.90. The standard InChI is InChI=1S/C13H18BrN3/c14-12-4-3-11(17-13(12)9-15)2-1-10-5-7-16-8-6-10/h4,10-11,16H,1-3,5-8H2. The number of aliphatic imine (C=N–C) groups is 1. The van der Waals surface area contributed by atoms with Crippen molar-refractivity contribution in [3.8, 4) is 6.07 Å². The summed E-state index contributed by atoms with van der Waals surface area (Å²) >= 11 is 3.37. The number of rotatable bonds is 3. The first-order chi connectivity index (χ1) is 8.29. The maximum Gasteiger partial charge on any atom is 0.149 e. The van der Waals surface area contributed by atoms with Gasteiger partial charge in [0.2, 0.25) is 0 Å². The Bertz CT molecular complexity index is 361. The Kier molecular flexibility index (Phi) is 4.75. The van der Waals surface area contributed by atoms with Crippen LogP contribution in [0.2, 0.25) is 0 Å². The van der Waals surface area contributed by atoms with Crippen LogP contribution in [0.15, 0.2) is 15.6 Å². The van der Waals surface area contributed by atoms with Crippen LogP contribution in [-0.4, -0.2) is 24.8 Å². The third-order valence-electron chi connectivity index (χ3n) is 3.58. The number of nitriles is 1. The van der Waals surface area contributed by atoms with E-state index >= 15 is 0 Å². The fourth-order valence-electron chi connectivity index (χ4n) is 2.50. The fraction of sp³-hybridized carbons (Fsp3) is 0.692. The van der Waals surface area contributed by atoms with E-state index < -0.39 is 0 Å². The van der Waals surface area contributed by atoms with Crippen LogP contribution < -0.4 is 5.32 Å². The summed E-state index contributed by atoms with van der Waals surface area (Å²) in [6.07, 6.45) is 8.00. The SMILES string of the molecule is N#CC1=NC(CCC2CCNCC2)CC=C1Br. The van der Waals surface area contributed by atoms with Crippen molar-refractivity contribution in [3.63, 3.8) is 0 Å². The highest BCUT2D eigenvalue weighted by Crippen LogP contribution is 2.24. The van der Waals surface area contributed by atoms with Crippen molar-refractivity contribution < 1.29 is 0 Å². The molecule has 1 unspecified atom stereocenters. The van der Waals surface area contributed by atoms with Gasteiger partial charge in [-0.2, -0.15) is 5.26 Å². The molecular weight excluding hydrogens is 278 g/mol. The van der Waals surface area contributed by atoms with Crippen molar-refractivity contribution in [2.45, 2.75) is 38.1 Å². The lowest BCUT2D eigenvalue weighted by Crippen LogP contribution is -2.28. The topological polar surface area (TPSA) is 48.2 Å². The summed E-state index contributed by atoms with van der Waals surface area (Å²) in [6.45, 7) is 2.32. The van der Waals surface area contributed by atoms with Gasteiger partial charge in [0.1, 0.15) is 11.8 Å². The summed E-state index contributed by atoms with van der Waals surface area (Å²) in [5.41, 5.74) is 0.562. The van der Waals surface area contributed by atoms with E-state index in [1.54, 1.807) is 0 Å². The monoisotopic (exact) mass is 295 g/mol. The van der Waals surface area contributed by atoms with E-state index in [-0.39, 0.29) is 0 Å². The van der Waals surface area contributed by atoms with E-state index in [9.17, 15) is 0 Å². The molecular formula is C13H18BrN3. The Morgan fingerprint density at radius 3 is 2.88 bits per heavy atom. The molecule has 0 aliphatic carbocycles. The number of nitrogens with one attached hydrogen (secondary N) is 1. The largest absolute Gasteiger partial charge is 0.317 e. The van der Waals surface area contributed by atoms with E-state index in [4.69, 9.17) is 5.26 Å². The van der Waals surface area contributed by atoms with Crippen LogP contribution in [-0.2, 0) is 0 Å². The highest BCUT2D eigenvalue weighted by Gasteiger charge is 2.18. The van der Waals surface area contributed by atoms with Crippen molar-refractivity contribution in [2.75, 3.05) is 13.1 Å². The number of allylic oxidation sites excluding steroid dienone is 1. The van der Waals surface area contributed by atoms with E-state index in [1.807, 2.05) is 0 Å². The summed E-state index contributed by atoms with van der Waals surface area (Å²) in [4.78, 5) is 4.49. The number of dihydropyridines is 1. The highest BCUT2D eigenvalue weighted by atomic mass is 79.9. The molecule has 1 saturated heterocycles. The van der Waals surface area contributed by atoms with Crippen LogP contribution in [0.4, 0.5) is 0 Å². The van der Waals surface area contributed by atoms with E-state index in [1.165, 1.54) is 19.3 Å². The number of hydrogen-bond acceptors (Lipinski definition) is 3. The predicted octanol–water partition coefficient (Wildman–Crippen LogP) is 2.78. The fourth-order valence-corrected chi connectivity index (χ4v) is 2.87. The van der Waals surface area contributed by atoms with Crippen LogP contribution in [0.1, 0.15) is 32.1 Å². The normalized spacial score (nSPS) is 26.0. The van der Waals surface area contributed by atoms with Gasteiger partial charge in [-0.3, -0.25) is 4.99 Å². The first kappa shape index (κ1) is 12.8. The minimum absolute atomic E-state index is 0.320. The Morgan fingerprint density at radius 1 is 1.41 bits per heavy atom. The highest BCUT2D eigenvalue weighted by molar-refractivity contribution is 9.12. The lowest BCUT2D eigenvalue weighted by Gasteiger charge is -2.24. The molecule has 2 aliphatic rings. The molecule has 2 rings (SSSR count). The van der Waals surface area contributed by atoms with Gasteiger partial charge >= 0.3 is 0 Å². The number of piperidine rings is 1. The minimum Gasteiger partial charge on any atom is -0.317 e. The second-order valence-corrected chi connectivity index (χ2v) is 5.66. The molecule has 0 radical (unpaired) electrons. The van der Waals surface area contributed by atoms with Crippen LogP contribution in [0, 0.1) is 17.2 Å². The Labute approximate surface area is 111 Å². The van der Waals surface area contributed by atoms with Gasteiger partial charge in [0, 0.05) is 4.48 Å². The third kappa shape index (κ3) is 3.65. The number of nitrogens with zero attached hydrogens (tertiary/aromatic N) is 2. The molecule has 2 heterocycles. The summed E-state index contributed by atoms with van der Waals surface area (Å²) in [5, 5.41) is 12.3. The molecule has 17 heavy (non-hydrogen) atoms. The van der Waals surface area contributed by atoms with Crippen molar-refractivity contribution in [1.82, 2.24) is 5.32 Å². The maximum absolute atomic E-state index is 8.94. The zero-order valence-corrected chi connectivity index (χ0v) is 11.5. The summed E-state index contributed by atoms with van der Waals surface area (Å²) < 4.78 is 0.859. The molecule has 0 aromatic rings. The van der Waals surface area contributed by atoms with E-state index in [0.29, 0.717) is 11.8 Å². The van der Waals surface area contributed by atoms with E-state index in [2.05, 4.69) is 38.4 Å². The van der Waals surface area contributed by atoms with Crippen LogP contribution >= 0.6 is 15.9 Å². The molecule has 3 nitrogen and oxygen atoms in total. The van der Waals surface area contributed by atoms with Gasteiger partial charge in [-0.25, -0.2) is 0 Å². The second-order valence-electron chi connectivity index (χ2n) is 4.80. The van der Waals surface area contributed by atoms with Crippen molar-refractivity contribution in [3.05, 3.63) is 10.6 Å². The maximum atomic E-state index is 8.94. The van der Waals surface area contributed by atoms with Crippen LogP contribution in [0.5, 0.6) is 0 Å². The zero-order chi connectivity index (χ0) is 12.1. The Balaban J connectivity index is 1.80. The molecule has 0 aromatic heterocycles. The van der Waals surface area contributed by atoms with Crippen molar-refractivity contribution >= 4 is 21.6 Å². The van der Waals surface area contributed by atoms with Gasteiger partial charge in [-0.15, -0.1) is 0 Å². The van der Waals surface area contributed by atoms with Gasteiger partial charge in [0.25, 0.3) is 0 Å². The summed E-state index contributed by atoms with van der Waals surface area (Å²) in [5.74, 6) is 0.853. The minimum atomic E-state index is 0.320. The van der Waals surface area contributed by atoms with Gasteiger partial charge in [0.15, 0.2) is 0 Å². The molecule has 4 heteroatoms. The first-order valence-corrected chi connectivity index (χ1v) is 7.13. The Morgan fingerprint density at radius 2 is 2.18 bits per heavy atom. The van der Waals surface area contributed by atoms with E-state index in [0.717, 1.165) is 36.3 Å². The summed E-state index contributed by atoms with van der Waals surface area (Å²) in [7, 11) is 0. The molecule has 0 amide bonds. The van der Waals surface area contributed by atoms with Gasteiger partial charge in [-0.1, -0.05) is 6.08 Å². The molecule has 0 aromatic carbocycles. The predicted molar refractivity (Wildman–Crippen MR) is 73.3 cm³/mol. The molecule has 0 bridgehead atoms. The number of hydrogen-bond donors (Lipinski definition) is 1. The molecule has 0 spiro atoms. The molecule has 92 valence electrons. The third-order valence-corrected chi connectivity index (χ3v) is 4.28. The molecule has 1 atom stereocenters. The quantitative estimate of drug-likeness (QED) is 0.870. The molecule has 2 aliphatic heterocycles. The number of halogens is 1. The zero-order valence-electron chi connectivity index (χ0n) is 9.95. The molecule has 1 fully saturated rings. The van der Waals surface area contributed by atoms with Gasteiger partial charge < -0.3 is 5.32 Å². The van der Waals surface area contributed by atoms with Crippen LogP contribution in [0.3, 0.4) is 0 Å². The average Bonchev–Trinajstić information content (AvgIpc) is 2.39. The average molecular weight is 296 g/mol. The van der Waals surface area contributed by atoms with Gasteiger partial charge in [0.05, 0.1) is 6.04 Å². The lowest BCUT2D eigenvalue weighted by molar-refractivity contribution is 0.337. The Hall–Kier alpha value is -0.660.